The van der Waals surface area contributed by atoms with E-state index in [1.807, 2.05) is 7.05 Å². The molecule has 6 heteroatoms. The van der Waals surface area contributed by atoms with Gasteiger partial charge >= 0.3 is 0 Å². The van der Waals surface area contributed by atoms with Crippen LogP contribution in [0.1, 0.15) is 49.3 Å². The van der Waals surface area contributed by atoms with Crippen molar-refractivity contribution in [2.24, 2.45) is 4.99 Å². The number of hydrogen-bond acceptors (Lipinski definition) is 3. The first-order valence-corrected chi connectivity index (χ1v) is 10.9. The van der Waals surface area contributed by atoms with Crippen molar-refractivity contribution in [1.29, 1.82) is 0 Å². The molecule has 3 rings (SSSR count). The minimum atomic E-state index is 0. The predicted octanol–water partition coefficient (Wildman–Crippen LogP) is 4.86. The molecule has 0 radical (unpaired) electrons. The molecule has 0 aromatic heterocycles. The fraction of sp³-hybridized carbons (Fsp3) is 0.480. The molecule has 1 saturated heterocycles. The Morgan fingerprint density at radius 3 is 2.48 bits per heavy atom. The zero-order chi connectivity index (χ0) is 21.2. The lowest BCUT2D eigenvalue weighted by molar-refractivity contribution is -0.0390. The maximum Gasteiger partial charge on any atom is 0.191 e. The Morgan fingerprint density at radius 2 is 1.77 bits per heavy atom. The van der Waals surface area contributed by atoms with E-state index in [0.29, 0.717) is 18.6 Å². The summed E-state index contributed by atoms with van der Waals surface area (Å²) in [6.45, 7) is 7.42. The van der Waals surface area contributed by atoms with Gasteiger partial charge in [0, 0.05) is 38.8 Å². The lowest BCUT2D eigenvalue weighted by Crippen LogP contribution is -2.43. The third kappa shape index (κ3) is 8.43. The molecule has 2 N–H and O–H groups in total. The van der Waals surface area contributed by atoms with E-state index in [9.17, 15) is 0 Å². The highest BCUT2D eigenvalue weighted by molar-refractivity contribution is 14.0. The first-order chi connectivity index (χ1) is 14.7. The highest BCUT2D eigenvalue weighted by Gasteiger charge is 2.16. The highest BCUT2D eigenvalue weighted by atomic mass is 127. The van der Waals surface area contributed by atoms with Crippen LogP contribution in [0.4, 0.5) is 0 Å². The van der Waals surface area contributed by atoms with Gasteiger partial charge in [-0.05, 0) is 36.5 Å². The van der Waals surface area contributed by atoms with E-state index in [0.717, 1.165) is 38.6 Å². The standard InChI is InChI=1S/C25H35N3O2.HI/c1-19(23-10-5-4-6-11-23)20(2)28-25(26-3)27-17-21-8-7-9-22(16-21)18-30-24-12-14-29-15-13-24;/h4-11,16,19-20,24H,12-15,17-18H2,1-3H3,(H2,26,27,28);1H. The number of nitrogens with one attached hydrogen (secondary N) is 2. The van der Waals surface area contributed by atoms with Crippen LogP contribution in [-0.2, 0) is 22.6 Å². The van der Waals surface area contributed by atoms with E-state index < -0.39 is 0 Å². The van der Waals surface area contributed by atoms with E-state index in [4.69, 9.17) is 9.47 Å². The monoisotopic (exact) mass is 537 g/mol. The molecule has 31 heavy (non-hydrogen) atoms. The van der Waals surface area contributed by atoms with Crippen LogP contribution in [0.25, 0.3) is 0 Å². The number of benzene rings is 2. The van der Waals surface area contributed by atoms with E-state index in [2.05, 4.69) is 84.1 Å². The third-order valence-electron chi connectivity index (χ3n) is 5.77. The zero-order valence-electron chi connectivity index (χ0n) is 18.8. The molecule has 0 bridgehead atoms. The second kappa shape index (κ2) is 13.7. The van der Waals surface area contributed by atoms with E-state index in [-0.39, 0.29) is 30.0 Å². The lowest BCUT2D eigenvalue weighted by atomic mass is 9.94. The van der Waals surface area contributed by atoms with Crippen molar-refractivity contribution in [2.75, 3.05) is 20.3 Å². The molecule has 0 amide bonds. The van der Waals surface area contributed by atoms with Crippen LogP contribution in [0, 0.1) is 0 Å². The highest BCUT2D eigenvalue weighted by Crippen LogP contribution is 2.18. The van der Waals surface area contributed by atoms with Crippen molar-refractivity contribution < 1.29 is 9.47 Å². The number of halogens is 1. The molecule has 2 aromatic carbocycles. The van der Waals surface area contributed by atoms with Crippen LogP contribution in [0.3, 0.4) is 0 Å². The lowest BCUT2D eigenvalue weighted by Gasteiger charge is -2.24. The Kier molecular flexibility index (Phi) is 11.3. The van der Waals surface area contributed by atoms with Crippen molar-refractivity contribution in [1.82, 2.24) is 10.6 Å². The maximum atomic E-state index is 6.06. The van der Waals surface area contributed by atoms with E-state index in [1.54, 1.807) is 0 Å². The van der Waals surface area contributed by atoms with Gasteiger partial charge in [-0.3, -0.25) is 4.99 Å². The SMILES string of the molecule is CN=C(NCc1cccc(COC2CCOCC2)c1)NC(C)C(C)c1ccccc1.I. The number of ether oxygens (including phenoxy) is 2. The van der Waals surface area contributed by atoms with Gasteiger partial charge in [0.1, 0.15) is 0 Å². The molecular weight excluding hydrogens is 501 g/mol. The van der Waals surface area contributed by atoms with E-state index >= 15 is 0 Å². The van der Waals surface area contributed by atoms with Gasteiger partial charge in [0.15, 0.2) is 5.96 Å². The molecule has 0 aliphatic carbocycles. The Morgan fingerprint density at radius 1 is 1.06 bits per heavy atom. The molecule has 5 nitrogen and oxygen atoms in total. The number of rotatable bonds is 8. The first-order valence-electron chi connectivity index (χ1n) is 10.9. The fourth-order valence-corrected chi connectivity index (χ4v) is 3.65. The van der Waals surface area contributed by atoms with Crippen LogP contribution in [-0.4, -0.2) is 38.4 Å². The van der Waals surface area contributed by atoms with Crippen LogP contribution < -0.4 is 10.6 Å². The number of guanidine groups is 1. The number of hydrogen-bond donors (Lipinski definition) is 2. The van der Waals surface area contributed by atoms with Crippen LogP contribution >= 0.6 is 24.0 Å². The van der Waals surface area contributed by atoms with Gasteiger partial charge in [-0.2, -0.15) is 0 Å². The number of nitrogens with zero attached hydrogens (tertiary/aromatic N) is 1. The molecule has 2 atom stereocenters. The van der Waals surface area contributed by atoms with Crippen molar-refractivity contribution in [3.8, 4) is 0 Å². The van der Waals surface area contributed by atoms with Crippen molar-refractivity contribution in [2.45, 2.75) is 57.9 Å². The normalized spacial score (nSPS) is 16.8. The molecular formula is C25H36IN3O2. The summed E-state index contributed by atoms with van der Waals surface area (Å²) in [4.78, 5) is 4.40. The average molecular weight is 537 g/mol. The van der Waals surface area contributed by atoms with Crippen LogP contribution in [0.2, 0.25) is 0 Å². The Balaban J connectivity index is 0.00000341. The topological polar surface area (TPSA) is 54.9 Å². The molecule has 1 aliphatic rings. The van der Waals surface area contributed by atoms with Gasteiger partial charge < -0.3 is 20.1 Å². The first kappa shape index (κ1) is 25.6. The number of aliphatic imine (C=N–C) groups is 1. The van der Waals surface area contributed by atoms with Gasteiger partial charge in [0.05, 0.1) is 12.7 Å². The summed E-state index contributed by atoms with van der Waals surface area (Å²) in [5.74, 6) is 1.20. The third-order valence-corrected chi connectivity index (χ3v) is 5.77. The van der Waals surface area contributed by atoms with Gasteiger partial charge in [-0.25, -0.2) is 0 Å². The maximum absolute atomic E-state index is 6.06. The van der Waals surface area contributed by atoms with Gasteiger partial charge in [-0.1, -0.05) is 61.5 Å². The predicted molar refractivity (Wildman–Crippen MR) is 138 cm³/mol. The molecule has 2 aromatic rings. The Hall–Kier alpha value is -1.64. The second-order valence-electron chi connectivity index (χ2n) is 8.00. The van der Waals surface area contributed by atoms with Gasteiger partial charge in [0.25, 0.3) is 0 Å². The second-order valence-corrected chi connectivity index (χ2v) is 8.00. The summed E-state index contributed by atoms with van der Waals surface area (Å²) in [5.41, 5.74) is 3.75. The molecule has 0 saturated carbocycles. The van der Waals surface area contributed by atoms with Crippen molar-refractivity contribution >= 4 is 29.9 Å². The summed E-state index contributed by atoms with van der Waals surface area (Å²) < 4.78 is 11.5. The Bertz CT molecular complexity index is 794. The van der Waals surface area contributed by atoms with Crippen LogP contribution in [0.5, 0.6) is 0 Å². The van der Waals surface area contributed by atoms with Gasteiger partial charge in [0.2, 0.25) is 0 Å². The molecule has 0 spiro atoms. The quantitative estimate of drug-likeness (QED) is 0.287. The summed E-state index contributed by atoms with van der Waals surface area (Å²) in [7, 11) is 1.81. The Labute approximate surface area is 204 Å². The summed E-state index contributed by atoms with van der Waals surface area (Å²) in [6.07, 6.45) is 2.29. The molecule has 170 valence electrons. The molecule has 2 unspecified atom stereocenters. The molecule has 1 aliphatic heterocycles. The minimum absolute atomic E-state index is 0. The average Bonchev–Trinajstić information content (AvgIpc) is 2.81. The molecule has 1 heterocycles. The van der Waals surface area contributed by atoms with E-state index in [1.165, 1.54) is 16.7 Å². The minimum Gasteiger partial charge on any atom is -0.381 e. The summed E-state index contributed by atoms with van der Waals surface area (Å²) >= 11 is 0. The zero-order valence-corrected chi connectivity index (χ0v) is 21.2. The largest absolute Gasteiger partial charge is 0.381 e. The summed E-state index contributed by atoms with van der Waals surface area (Å²) in [5, 5.41) is 6.96. The van der Waals surface area contributed by atoms with Gasteiger partial charge in [-0.15, -0.1) is 24.0 Å². The van der Waals surface area contributed by atoms with Crippen molar-refractivity contribution in [3.63, 3.8) is 0 Å². The fourth-order valence-electron chi connectivity index (χ4n) is 3.65. The summed E-state index contributed by atoms with van der Waals surface area (Å²) in [6, 6.07) is 19.4. The van der Waals surface area contributed by atoms with Crippen molar-refractivity contribution in [3.05, 3.63) is 71.3 Å². The smallest absolute Gasteiger partial charge is 0.191 e. The van der Waals surface area contributed by atoms with Crippen LogP contribution in [0.15, 0.2) is 59.6 Å². The molecule has 1 fully saturated rings.